The van der Waals surface area contributed by atoms with Gasteiger partial charge in [0.25, 0.3) is 0 Å². The van der Waals surface area contributed by atoms with Gasteiger partial charge >= 0.3 is 0 Å². The second kappa shape index (κ2) is 10.2. The molecule has 3 rings (SSSR count). The molecule has 2 heterocycles. The molecule has 0 radical (unpaired) electrons. The summed E-state index contributed by atoms with van der Waals surface area (Å²) in [6.07, 6.45) is 4.52. The highest BCUT2D eigenvalue weighted by Crippen LogP contribution is 2.36. The summed E-state index contributed by atoms with van der Waals surface area (Å²) in [4.78, 5) is 4.99. The molecular formula is C25H34N4O3SSi. The maximum Gasteiger partial charge on any atom is 0.206 e. The summed E-state index contributed by atoms with van der Waals surface area (Å²) in [5, 5.41) is 10.3. The molecule has 0 amide bonds. The molecule has 0 aliphatic heterocycles. The molecule has 2 N–H and O–H groups in total. The van der Waals surface area contributed by atoms with E-state index in [1.165, 1.54) is 6.07 Å². The SMILES string of the molecule is Cc1cc(Nc2cc(S(=O)(=O)c3ccccc3)cc(/C=C/CCO[Si](C)(C)C(C)(C)C)n2)n[nH]1. The van der Waals surface area contributed by atoms with Crippen molar-refractivity contribution in [3.8, 4) is 0 Å². The summed E-state index contributed by atoms with van der Waals surface area (Å²) in [5.41, 5.74) is 1.43. The van der Waals surface area contributed by atoms with Crippen LogP contribution in [0, 0.1) is 6.92 Å². The van der Waals surface area contributed by atoms with Crippen LogP contribution in [0.1, 0.15) is 38.6 Å². The Morgan fingerprint density at radius 3 is 2.38 bits per heavy atom. The highest BCUT2D eigenvalue weighted by Gasteiger charge is 2.36. The van der Waals surface area contributed by atoms with Crippen molar-refractivity contribution in [3.63, 3.8) is 0 Å². The first kappa shape index (κ1) is 25.9. The largest absolute Gasteiger partial charge is 0.417 e. The standard InChI is InChI=1S/C25H34N4O3SSi/c1-19-16-24(29-28-19)27-23-18-22(33(30,31)21-13-8-7-9-14-21)17-20(26-23)12-10-11-15-32-34(5,6)25(2,3)4/h7-10,12-14,16-18H,11,15H2,1-6H3,(H2,26,27,28,29)/b12-10+. The second-order valence-corrected chi connectivity index (χ2v) is 16.5. The Bertz CT molecular complexity index is 1250. The predicted octanol–water partition coefficient (Wildman–Crippen LogP) is 6.11. The lowest BCUT2D eigenvalue weighted by Crippen LogP contribution is -2.40. The lowest BCUT2D eigenvalue weighted by molar-refractivity contribution is 0.294. The Morgan fingerprint density at radius 2 is 1.76 bits per heavy atom. The zero-order valence-electron chi connectivity index (χ0n) is 20.7. The zero-order valence-corrected chi connectivity index (χ0v) is 22.5. The summed E-state index contributed by atoms with van der Waals surface area (Å²) < 4.78 is 32.7. The molecule has 0 bridgehead atoms. The van der Waals surface area contributed by atoms with Crippen molar-refractivity contribution in [2.24, 2.45) is 0 Å². The number of aromatic nitrogens is 3. The quantitative estimate of drug-likeness (QED) is 0.273. The topological polar surface area (TPSA) is 97.0 Å². The van der Waals surface area contributed by atoms with Crippen LogP contribution >= 0.6 is 0 Å². The molecule has 0 aliphatic carbocycles. The number of hydrogen-bond acceptors (Lipinski definition) is 6. The van der Waals surface area contributed by atoms with Crippen molar-refractivity contribution in [1.29, 1.82) is 0 Å². The number of nitrogens with zero attached hydrogens (tertiary/aromatic N) is 2. The van der Waals surface area contributed by atoms with Crippen LogP contribution in [0.15, 0.2) is 64.4 Å². The van der Waals surface area contributed by atoms with Crippen molar-refractivity contribution in [2.45, 2.75) is 62.0 Å². The number of aryl methyl sites for hydroxylation is 1. The maximum absolute atomic E-state index is 13.3. The smallest absolute Gasteiger partial charge is 0.206 e. The van der Waals surface area contributed by atoms with E-state index in [4.69, 9.17) is 4.43 Å². The number of benzene rings is 1. The van der Waals surface area contributed by atoms with Gasteiger partial charge in [-0.05, 0) is 61.8 Å². The van der Waals surface area contributed by atoms with E-state index in [9.17, 15) is 8.42 Å². The van der Waals surface area contributed by atoms with Gasteiger partial charge < -0.3 is 9.74 Å². The first-order valence-electron chi connectivity index (χ1n) is 11.3. The molecule has 0 fully saturated rings. The second-order valence-electron chi connectivity index (χ2n) is 9.79. The summed E-state index contributed by atoms with van der Waals surface area (Å²) in [6.45, 7) is 13.6. The van der Waals surface area contributed by atoms with Crippen LogP contribution in [0.3, 0.4) is 0 Å². The van der Waals surface area contributed by atoms with E-state index in [2.05, 4.69) is 54.4 Å². The number of sulfone groups is 1. The molecule has 3 aromatic rings. The maximum atomic E-state index is 13.3. The molecule has 0 saturated heterocycles. The van der Waals surface area contributed by atoms with Gasteiger partial charge in [0.15, 0.2) is 14.1 Å². The van der Waals surface area contributed by atoms with E-state index >= 15 is 0 Å². The molecule has 0 atom stereocenters. The van der Waals surface area contributed by atoms with Crippen LogP contribution in [0.25, 0.3) is 6.08 Å². The van der Waals surface area contributed by atoms with Crippen LogP contribution in [0.2, 0.25) is 18.1 Å². The van der Waals surface area contributed by atoms with Gasteiger partial charge in [-0.15, -0.1) is 0 Å². The molecule has 34 heavy (non-hydrogen) atoms. The van der Waals surface area contributed by atoms with Gasteiger partial charge in [0.05, 0.1) is 15.5 Å². The van der Waals surface area contributed by atoms with Gasteiger partial charge in [0, 0.05) is 18.4 Å². The Morgan fingerprint density at radius 1 is 1.06 bits per heavy atom. The minimum atomic E-state index is -3.70. The van der Waals surface area contributed by atoms with E-state index in [0.717, 1.165) is 5.69 Å². The molecule has 9 heteroatoms. The third-order valence-corrected chi connectivity index (χ3v) is 12.3. The summed E-state index contributed by atoms with van der Waals surface area (Å²) >= 11 is 0. The lowest BCUT2D eigenvalue weighted by atomic mass is 10.2. The fraction of sp³-hybridized carbons (Fsp3) is 0.360. The van der Waals surface area contributed by atoms with Crippen LogP contribution in [-0.4, -0.2) is 38.5 Å². The minimum absolute atomic E-state index is 0.156. The van der Waals surface area contributed by atoms with Crippen LogP contribution in [-0.2, 0) is 14.3 Å². The van der Waals surface area contributed by atoms with Crippen molar-refractivity contribution in [3.05, 3.63) is 66.0 Å². The average molecular weight is 499 g/mol. The molecule has 1 aromatic carbocycles. The monoisotopic (exact) mass is 498 g/mol. The Balaban J connectivity index is 1.85. The average Bonchev–Trinajstić information content (AvgIpc) is 3.17. The fourth-order valence-electron chi connectivity index (χ4n) is 2.98. The molecule has 2 aromatic heterocycles. The van der Waals surface area contributed by atoms with Gasteiger partial charge in [-0.25, -0.2) is 13.4 Å². The minimum Gasteiger partial charge on any atom is -0.417 e. The highest BCUT2D eigenvalue weighted by molar-refractivity contribution is 7.91. The molecule has 0 saturated carbocycles. The number of hydrogen-bond donors (Lipinski definition) is 2. The fourth-order valence-corrected chi connectivity index (χ4v) is 5.37. The Hall–Kier alpha value is -2.75. The number of pyridine rings is 1. The summed E-state index contributed by atoms with van der Waals surface area (Å²) in [6, 6.07) is 13.3. The Kier molecular flexibility index (Phi) is 7.79. The molecule has 7 nitrogen and oxygen atoms in total. The number of nitrogens with one attached hydrogen (secondary N) is 2. The molecule has 0 spiro atoms. The van der Waals surface area contributed by atoms with Crippen LogP contribution in [0.5, 0.6) is 0 Å². The van der Waals surface area contributed by atoms with Crippen molar-refractivity contribution < 1.29 is 12.8 Å². The molecular weight excluding hydrogens is 464 g/mol. The number of rotatable bonds is 9. The summed E-state index contributed by atoms with van der Waals surface area (Å²) in [7, 11) is -5.51. The summed E-state index contributed by atoms with van der Waals surface area (Å²) in [5.74, 6) is 0.970. The first-order chi connectivity index (χ1) is 15.9. The third-order valence-electron chi connectivity index (χ3n) is 5.99. The van der Waals surface area contributed by atoms with Crippen molar-refractivity contribution in [2.75, 3.05) is 11.9 Å². The number of anilines is 2. The highest BCUT2D eigenvalue weighted by atomic mass is 32.2. The van der Waals surface area contributed by atoms with E-state index in [1.54, 1.807) is 36.4 Å². The molecule has 182 valence electrons. The van der Waals surface area contributed by atoms with Gasteiger partial charge in [0.2, 0.25) is 9.84 Å². The van der Waals surface area contributed by atoms with Crippen molar-refractivity contribution in [1.82, 2.24) is 15.2 Å². The molecule has 0 unspecified atom stereocenters. The van der Waals surface area contributed by atoms with Gasteiger partial charge in [-0.3, -0.25) is 5.10 Å². The zero-order chi connectivity index (χ0) is 25.0. The van der Waals surface area contributed by atoms with Crippen LogP contribution < -0.4 is 5.32 Å². The number of aromatic amines is 1. The third kappa shape index (κ3) is 6.43. The predicted molar refractivity (Wildman–Crippen MR) is 140 cm³/mol. The van der Waals surface area contributed by atoms with E-state index in [1.807, 2.05) is 25.1 Å². The van der Waals surface area contributed by atoms with E-state index < -0.39 is 18.2 Å². The normalized spacial score (nSPS) is 12.9. The van der Waals surface area contributed by atoms with Crippen molar-refractivity contribution >= 4 is 35.9 Å². The van der Waals surface area contributed by atoms with Gasteiger partial charge in [-0.2, -0.15) is 5.10 Å². The van der Waals surface area contributed by atoms with Gasteiger partial charge in [-0.1, -0.05) is 45.0 Å². The van der Waals surface area contributed by atoms with E-state index in [0.29, 0.717) is 30.4 Å². The first-order valence-corrected chi connectivity index (χ1v) is 15.7. The van der Waals surface area contributed by atoms with E-state index in [-0.39, 0.29) is 14.8 Å². The Labute approximate surface area is 203 Å². The molecule has 0 aliphatic rings. The lowest BCUT2D eigenvalue weighted by Gasteiger charge is -2.36. The van der Waals surface area contributed by atoms with Crippen LogP contribution in [0.4, 0.5) is 11.6 Å². The van der Waals surface area contributed by atoms with Gasteiger partial charge in [0.1, 0.15) is 5.82 Å². The number of H-pyrrole nitrogens is 1.